The van der Waals surface area contributed by atoms with Gasteiger partial charge in [0.05, 0.1) is 0 Å². The van der Waals surface area contributed by atoms with Gasteiger partial charge in [-0.05, 0) is 66.0 Å². The molecule has 0 aliphatic carbocycles. The van der Waals surface area contributed by atoms with E-state index in [1.165, 1.54) is 0 Å². The summed E-state index contributed by atoms with van der Waals surface area (Å²) in [5.41, 5.74) is -0.401. The molecular formula is C14H27NO3. The Bertz CT molecular complexity index is 260. The van der Waals surface area contributed by atoms with E-state index in [-0.39, 0.29) is 18.6 Å². The summed E-state index contributed by atoms with van der Waals surface area (Å²) < 4.78 is 5.46. The van der Waals surface area contributed by atoms with Gasteiger partial charge in [-0.3, -0.25) is 9.69 Å². The lowest BCUT2D eigenvalue weighted by molar-refractivity contribution is -0.160. The van der Waals surface area contributed by atoms with Gasteiger partial charge < -0.3 is 9.84 Å². The van der Waals surface area contributed by atoms with Crippen LogP contribution in [0.3, 0.4) is 0 Å². The molecule has 0 amide bonds. The van der Waals surface area contributed by atoms with E-state index in [1.807, 2.05) is 20.8 Å². The summed E-state index contributed by atoms with van der Waals surface area (Å²) in [5.74, 6) is -0.0813. The molecule has 1 aliphatic rings. The second kappa shape index (κ2) is 7.10. The minimum atomic E-state index is -0.401. The van der Waals surface area contributed by atoms with Crippen LogP contribution in [-0.4, -0.2) is 47.3 Å². The number of ether oxygens (including phenoxy) is 1. The first-order valence-corrected chi connectivity index (χ1v) is 7.02. The highest BCUT2D eigenvalue weighted by Gasteiger charge is 2.33. The molecule has 0 aromatic rings. The molecule has 1 atom stereocenters. The molecule has 1 N–H and O–H groups in total. The first-order chi connectivity index (χ1) is 8.44. The van der Waals surface area contributed by atoms with Crippen LogP contribution >= 0.6 is 0 Å². The molecule has 0 spiro atoms. The van der Waals surface area contributed by atoms with Crippen molar-refractivity contribution in [3.63, 3.8) is 0 Å². The Morgan fingerprint density at radius 1 is 1.33 bits per heavy atom. The molecule has 0 saturated carbocycles. The third-order valence-electron chi connectivity index (χ3n) is 3.15. The molecule has 1 saturated heterocycles. The van der Waals surface area contributed by atoms with E-state index < -0.39 is 5.60 Å². The number of aliphatic hydroxyl groups is 1. The Balaban J connectivity index is 2.36. The molecule has 4 heteroatoms. The van der Waals surface area contributed by atoms with Crippen LogP contribution in [0.25, 0.3) is 0 Å². The van der Waals surface area contributed by atoms with Crippen LogP contribution in [0.1, 0.15) is 52.9 Å². The first-order valence-electron chi connectivity index (χ1n) is 7.02. The molecule has 0 unspecified atom stereocenters. The molecule has 4 nitrogen and oxygen atoms in total. The highest BCUT2D eigenvalue weighted by Crippen LogP contribution is 2.21. The van der Waals surface area contributed by atoms with Crippen molar-refractivity contribution < 1.29 is 14.6 Å². The van der Waals surface area contributed by atoms with Gasteiger partial charge in [-0.2, -0.15) is 0 Å². The summed E-state index contributed by atoms with van der Waals surface area (Å²) in [7, 11) is 0. The van der Waals surface area contributed by atoms with Gasteiger partial charge >= 0.3 is 5.97 Å². The lowest BCUT2D eigenvalue weighted by Gasteiger charge is -2.27. The van der Waals surface area contributed by atoms with E-state index in [1.54, 1.807) is 0 Å². The highest BCUT2D eigenvalue weighted by atomic mass is 16.6. The first kappa shape index (κ1) is 15.4. The van der Waals surface area contributed by atoms with Crippen LogP contribution in [-0.2, 0) is 9.53 Å². The maximum absolute atomic E-state index is 12.1. The Morgan fingerprint density at radius 3 is 2.67 bits per heavy atom. The third kappa shape index (κ3) is 5.36. The molecule has 0 aromatic heterocycles. The predicted molar refractivity (Wildman–Crippen MR) is 71.4 cm³/mol. The minimum absolute atomic E-state index is 0.0571. The number of hydrogen-bond acceptors (Lipinski definition) is 4. The number of hydrogen-bond donors (Lipinski definition) is 1. The molecular weight excluding hydrogens is 230 g/mol. The van der Waals surface area contributed by atoms with Crippen molar-refractivity contribution in [2.24, 2.45) is 0 Å². The average Bonchev–Trinajstić information content (AvgIpc) is 2.70. The number of carbonyl (C=O) groups excluding carboxylic acids is 1. The van der Waals surface area contributed by atoms with Crippen molar-refractivity contribution in [2.75, 3.05) is 19.7 Å². The maximum Gasteiger partial charge on any atom is 0.323 e. The van der Waals surface area contributed by atoms with Crippen LogP contribution in [0.15, 0.2) is 0 Å². The van der Waals surface area contributed by atoms with Gasteiger partial charge in [0.2, 0.25) is 0 Å². The van der Waals surface area contributed by atoms with Gasteiger partial charge in [-0.25, -0.2) is 0 Å². The van der Waals surface area contributed by atoms with Crippen molar-refractivity contribution in [3.05, 3.63) is 0 Å². The lowest BCUT2D eigenvalue weighted by Crippen LogP contribution is -2.40. The molecule has 1 aliphatic heterocycles. The monoisotopic (exact) mass is 257 g/mol. The van der Waals surface area contributed by atoms with Gasteiger partial charge in [0.1, 0.15) is 11.6 Å². The second-order valence-electron chi connectivity index (χ2n) is 6.01. The number of esters is 1. The van der Waals surface area contributed by atoms with Gasteiger partial charge in [-0.1, -0.05) is 0 Å². The van der Waals surface area contributed by atoms with Crippen LogP contribution in [0.5, 0.6) is 0 Å². The summed E-state index contributed by atoms with van der Waals surface area (Å²) in [6.07, 6.45) is 4.90. The zero-order valence-corrected chi connectivity index (χ0v) is 11.9. The minimum Gasteiger partial charge on any atom is -0.459 e. The van der Waals surface area contributed by atoms with Crippen LogP contribution in [0.2, 0.25) is 0 Å². The Kier molecular flexibility index (Phi) is 6.09. The zero-order valence-electron chi connectivity index (χ0n) is 11.9. The largest absolute Gasteiger partial charge is 0.459 e. The highest BCUT2D eigenvalue weighted by molar-refractivity contribution is 5.76. The van der Waals surface area contributed by atoms with E-state index in [0.717, 1.165) is 45.2 Å². The van der Waals surface area contributed by atoms with Crippen LogP contribution in [0, 0.1) is 0 Å². The predicted octanol–water partition coefficient (Wildman–Crippen LogP) is 1.96. The lowest BCUT2D eigenvalue weighted by atomic mass is 10.1. The van der Waals surface area contributed by atoms with Crippen molar-refractivity contribution in [2.45, 2.75) is 64.5 Å². The SMILES string of the molecule is CC(C)(C)OC(=O)[C@H]1CCCN1CCCCCO. The Labute approximate surface area is 110 Å². The molecule has 1 rings (SSSR count). The summed E-state index contributed by atoms with van der Waals surface area (Å²) >= 11 is 0. The van der Waals surface area contributed by atoms with E-state index in [2.05, 4.69) is 4.90 Å². The Hall–Kier alpha value is -0.610. The zero-order chi connectivity index (χ0) is 13.6. The third-order valence-corrected chi connectivity index (χ3v) is 3.15. The summed E-state index contributed by atoms with van der Waals surface area (Å²) in [6.45, 7) is 7.91. The smallest absolute Gasteiger partial charge is 0.323 e. The van der Waals surface area contributed by atoms with Crippen molar-refractivity contribution in [3.8, 4) is 0 Å². The van der Waals surface area contributed by atoms with E-state index in [4.69, 9.17) is 9.84 Å². The molecule has 1 fully saturated rings. The number of aliphatic hydroxyl groups excluding tert-OH is 1. The normalized spacial score (nSPS) is 21.2. The standard InChI is InChI=1S/C14H27NO3/c1-14(2,3)18-13(17)12-8-7-10-15(12)9-5-4-6-11-16/h12,16H,4-11H2,1-3H3/t12-/m1/s1. The van der Waals surface area contributed by atoms with E-state index in [9.17, 15) is 4.79 Å². The number of likely N-dealkylation sites (tertiary alicyclic amines) is 1. The van der Waals surface area contributed by atoms with Gasteiger partial charge in [0.25, 0.3) is 0 Å². The van der Waals surface area contributed by atoms with Crippen LogP contribution < -0.4 is 0 Å². The second-order valence-corrected chi connectivity index (χ2v) is 6.01. The quantitative estimate of drug-likeness (QED) is 0.584. The van der Waals surface area contributed by atoms with Gasteiger partial charge in [-0.15, -0.1) is 0 Å². The Morgan fingerprint density at radius 2 is 2.06 bits per heavy atom. The number of carbonyl (C=O) groups is 1. The molecule has 0 bridgehead atoms. The van der Waals surface area contributed by atoms with Gasteiger partial charge in [0.15, 0.2) is 0 Å². The fraction of sp³-hybridized carbons (Fsp3) is 0.929. The summed E-state index contributed by atoms with van der Waals surface area (Å²) in [4.78, 5) is 14.3. The van der Waals surface area contributed by atoms with Gasteiger partial charge in [0, 0.05) is 6.61 Å². The fourth-order valence-corrected chi connectivity index (χ4v) is 2.33. The van der Waals surface area contributed by atoms with E-state index >= 15 is 0 Å². The number of unbranched alkanes of at least 4 members (excludes halogenated alkanes) is 2. The average molecular weight is 257 g/mol. The molecule has 18 heavy (non-hydrogen) atoms. The number of nitrogens with zero attached hydrogens (tertiary/aromatic N) is 1. The maximum atomic E-state index is 12.1. The van der Waals surface area contributed by atoms with Crippen LogP contribution in [0.4, 0.5) is 0 Å². The van der Waals surface area contributed by atoms with Crippen molar-refractivity contribution >= 4 is 5.97 Å². The topological polar surface area (TPSA) is 49.8 Å². The number of rotatable bonds is 6. The molecule has 1 heterocycles. The molecule has 106 valence electrons. The summed E-state index contributed by atoms with van der Waals surface area (Å²) in [6, 6.07) is -0.0571. The van der Waals surface area contributed by atoms with E-state index in [0.29, 0.717) is 0 Å². The fourth-order valence-electron chi connectivity index (χ4n) is 2.33. The molecule has 0 radical (unpaired) electrons. The molecule has 0 aromatic carbocycles. The summed E-state index contributed by atoms with van der Waals surface area (Å²) in [5, 5.41) is 8.74. The van der Waals surface area contributed by atoms with Crippen molar-refractivity contribution in [1.82, 2.24) is 4.90 Å². The van der Waals surface area contributed by atoms with Crippen molar-refractivity contribution in [1.29, 1.82) is 0 Å².